The first-order valence-corrected chi connectivity index (χ1v) is 10.6. The van der Waals surface area contributed by atoms with Gasteiger partial charge in [0.15, 0.2) is 5.78 Å². The molecule has 3 rings (SSSR count). The maximum atomic E-state index is 12.5. The minimum atomic E-state index is -0.906. The molecule has 1 heterocycles. The van der Waals surface area contributed by atoms with Crippen LogP contribution in [0.1, 0.15) is 75.0 Å². The third-order valence-electron chi connectivity index (χ3n) is 5.93. The van der Waals surface area contributed by atoms with Crippen molar-refractivity contribution >= 4 is 23.1 Å². The Kier molecular flexibility index (Phi) is 5.93. The molecular weight excluding hydrogens is 376 g/mol. The molecule has 0 amide bonds. The summed E-state index contributed by atoms with van der Waals surface area (Å²) in [6, 6.07) is 13.5. The van der Waals surface area contributed by atoms with Crippen LogP contribution in [0.5, 0.6) is 0 Å². The average molecular weight is 409 g/mol. The normalized spacial score (nSPS) is 17.6. The molecule has 0 aromatic heterocycles. The van der Waals surface area contributed by atoms with Crippen molar-refractivity contribution in [3.63, 3.8) is 0 Å². The number of hydrogen-bond acceptors (Lipinski definition) is 4. The zero-order valence-corrected chi connectivity index (χ0v) is 18.5. The number of anilines is 2. The summed E-state index contributed by atoms with van der Waals surface area (Å²) in [5, 5.41) is 16.3. The second-order valence-corrected chi connectivity index (χ2v) is 9.47. The number of carboxylic acid groups (broad SMARTS) is 1. The van der Waals surface area contributed by atoms with Crippen molar-refractivity contribution in [1.82, 2.24) is 0 Å². The molecule has 0 saturated heterocycles. The molecule has 1 aliphatic rings. The van der Waals surface area contributed by atoms with E-state index < -0.39 is 11.5 Å². The monoisotopic (exact) mass is 408 g/mol. The highest BCUT2D eigenvalue weighted by Crippen LogP contribution is 2.45. The molecular formula is C25H32N2O3. The number of Topliss-reactive ketones (excluding diaryl/α,β-unsaturated/α-hetero) is 1. The number of carboxylic acids is 1. The fourth-order valence-corrected chi connectivity index (χ4v) is 4.26. The van der Waals surface area contributed by atoms with Gasteiger partial charge in [0, 0.05) is 17.8 Å². The van der Waals surface area contributed by atoms with Crippen molar-refractivity contribution in [2.24, 2.45) is 5.41 Å². The summed E-state index contributed by atoms with van der Waals surface area (Å²) >= 11 is 0. The molecule has 5 heteroatoms. The lowest BCUT2D eigenvalue weighted by Gasteiger charge is -2.41. The van der Waals surface area contributed by atoms with Crippen LogP contribution in [0.15, 0.2) is 42.5 Å². The number of hydrogen-bond donors (Lipinski definition) is 3. The summed E-state index contributed by atoms with van der Waals surface area (Å²) in [5.74, 6) is -0.702. The number of nitrogens with one attached hydrogen (secondary N) is 2. The Morgan fingerprint density at radius 2 is 1.93 bits per heavy atom. The summed E-state index contributed by atoms with van der Waals surface area (Å²) < 4.78 is 0. The molecule has 30 heavy (non-hydrogen) atoms. The van der Waals surface area contributed by atoms with Gasteiger partial charge in [-0.1, -0.05) is 32.9 Å². The molecule has 1 aliphatic heterocycles. The number of carbonyl (C=O) groups excluding carboxylic acids is 1. The van der Waals surface area contributed by atoms with Crippen LogP contribution in [0, 0.1) is 5.41 Å². The molecule has 1 atom stereocenters. The molecule has 0 spiro atoms. The first-order chi connectivity index (χ1) is 14.0. The van der Waals surface area contributed by atoms with Crippen LogP contribution < -0.4 is 10.6 Å². The van der Waals surface area contributed by atoms with Gasteiger partial charge >= 0.3 is 5.97 Å². The Labute approximate surface area is 178 Å². The highest BCUT2D eigenvalue weighted by molar-refractivity contribution is 5.90. The van der Waals surface area contributed by atoms with Crippen LogP contribution in [0.25, 0.3) is 0 Å². The van der Waals surface area contributed by atoms with E-state index >= 15 is 0 Å². The van der Waals surface area contributed by atoms with Gasteiger partial charge in [0.2, 0.25) is 0 Å². The van der Waals surface area contributed by atoms with Gasteiger partial charge in [0.25, 0.3) is 0 Å². The molecule has 0 radical (unpaired) electrons. The summed E-state index contributed by atoms with van der Waals surface area (Å²) in [4.78, 5) is 23.8. The Morgan fingerprint density at radius 1 is 1.20 bits per heavy atom. The Morgan fingerprint density at radius 3 is 2.60 bits per heavy atom. The number of aromatic carboxylic acids is 1. The third kappa shape index (κ3) is 4.50. The van der Waals surface area contributed by atoms with Crippen LogP contribution in [0.2, 0.25) is 0 Å². The molecule has 3 N–H and O–H groups in total. The van der Waals surface area contributed by atoms with Gasteiger partial charge in [-0.3, -0.25) is 4.79 Å². The fraction of sp³-hybridized carbons (Fsp3) is 0.440. The topological polar surface area (TPSA) is 78.4 Å². The maximum absolute atomic E-state index is 12.5. The van der Waals surface area contributed by atoms with Crippen molar-refractivity contribution in [3.8, 4) is 0 Å². The van der Waals surface area contributed by atoms with Crippen molar-refractivity contribution in [3.05, 3.63) is 59.2 Å². The van der Waals surface area contributed by atoms with Gasteiger partial charge in [0.05, 0.1) is 17.1 Å². The predicted octanol–water partition coefficient (Wildman–Crippen LogP) is 5.68. The lowest BCUT2D eigenvalue weighted by atomic mass is 9.72. The summed E-state index contributed by atoms with van der Waals surface area (Å²) in [7, 11) is 0. The maximum Gasteiger partial charge on any atom is 0.335 e. The van der Waals surface area contributed by atoms with E-state index in [0.29, 0.717) is 12.0 Å². The molecule has 0 fully saturated rings. The van der Waals surface area contributed by atoms with Crippen molar-refractivity contribution < 1.29 is 14.7 Å². The molecule has 0 bridgehead atoms. The van der Waals surface area contributed by atoms with Crippen LogP contribution in [-0.2, 0) is 11.2 Å². The molecule has 0 aliphatic carbocycles. The SMILES string of the molecule is CCCC(=O)C(C)(C)Nc1cccc(C2Nc3ccc(C(=O)O)cc3CC2(C)C)c1. The molecule has 0 saturated carbocycles. The number of rotatable bonds is 7. The molecule has 5 nitrogen and oxygen atoms in total. The van der Waals surface area contributed by atoms with Crippen LogP contribution in [-0.4, -0.2) is 22.4 Å². The fourth-order valence-electron chi connectivity index (χ4n) is 4.26. The molecule has 2 aromatic carbocycles. The van der Waals surface area contributed by atoms with Crippen LogP contribution in [0.3, 0.4) is 0 Å². The van der Waals surface area contributed by atoms with Crippen LogP contribution >= 0.6 is 0 Å². The predicted molar refractivity (Wildman–Crippen MR) is 121 cm³/mol. The van der Waals surface area contributed by atoms with Crippen molar-refractivity contribution in [2.75, 3.05) is 10.6 Å². The van der Waals surface area contributed by atoms with Crippen molar-refractivity contribution in [1.29, 1.82) is 0 Å². The van der Waals surface area contributed by atoms with Gasteiger partial charge < -0.3 is 15.7 Å². The van der Waals surface area contributed by atoms with Gasteiger partial charge in [-0.2, -0.15) is 0 Å². The van der Waals surface area contributed by atoms with E-state index in [9.17, 15) is 14.7 Å². The number of carbonyl (C=O) groups is 2. The summed E-state index contributed by atoms with van der Waals surface area (Å²) in [6.45, 7) is 10.3. The Hall–Kier alpha value is -2.82. The number of benzene rings is 2. The minimum absolute atomic E-state index is 0.0666. The van der Waals surface area contributed by atoms with E-state index in [4.69, 9.17) is 0 Å². The zero-order valence-electron chi connectivity index (χ0n) is 18.5. The van der Waals surface area contributed by atoms with E-state index in [0.717, 1.165) is 35.3 Å². The van der Waals surface area contributed by atoms with Crippen molar-refractivity contribution in [2.45, 2.75) is 65.5 Å². The van der Waals surface area contributed by atoms with E-state index in [1.54, 1.807) is 12.1 Å². The van der Waals surface area contributed by atoms with E-state index in [1.165, 1.54) is 0 Å². The quantitative estimate of drug-likeness (QED) is 0.549. The smallest absolute Gasteiger partial charge is 0.335 e. The summed E-state index contributed by atoms with van der Waals surface area (Å²) in [6.07, 6.45) is 2.18. The minimum Gasteiger partial charge on any atom is -0.478 e. The second kappa shape index (κ2) is 8.13. The van der Waals surface area contributed by atoms with E-state index in [-0.39, 0.29) is 17.2 Å². The largest absolute Gasteiger partial charge is 0.478 e. The number of fused-ring (bicyclic) bond motifs is 1. The Balaban J connectivity index is 1.88. The first kappa shape index (κ1) is 21.9. The Bertz CT molecular complexity index is 963. The van der Waals surface area contributed by atoms with Gasteiger partial charge in [-0.25, -0.2) is 4.79 Å². The number of ketones is 1. The highest BCUT2D eigenvalue weighted by Gasteiger charge is 2.36. The molecule has 160 valence electrons. The standard InChI is InChI=1S/C25H32N2O3/c1-6-8-21(28)25(4,5)27-19-10-7-9-16(14-19)22-24(2,3)15-18-13-17(23(29)30)11-12-20(18)26-22/h7,9-14,22,26-27H,6,8,15H2,1-5H3,(H,29,30). The van der Waals surface area contributed by atoms with Gasteiger partial charge in [-0.15, -0.1) is 0 Å². The van der Waals surface area contributed by atoms with E-state index in [1.807, 2.05) is 39.0 Å². The van der Waals surface area contributed by atoms with E-state index in [2.05, 4.69) is 36.6 Å². The van der Waals surface area contributed by atoms with Crippen LogP contribution in [0.4, 0.5) is 11.4 Å². The molecule has 1 unspecified atom stereocenters. The first-order valence-electron chi connectivity index (χ1n) is 10.6. The van der Waals surface area contributed by atoms with Gasteiger partial charge in [-0.05, 0) is 73.6 Å². The zero-order chi connectivity index (χ0) is 22.1. The van der Waals surface area contributed by atoms with Gasteiger partial charge in [0.1, 0.15) is 0 Å². The summed E-state index contributed by atoms with van der Waals surface area (Å²) in [5.41, 5.74) is 3.64. The highest BCUT2D eigenvalue weighted by atomic mass is 16.4. The lowest BCUT2D eigenvalue weighted by molar-refractivity contribution is -0.122. The lowest BCUT2D eigenvalue weighted by Crippen LogP contribution is -2.40. The average Bonchev–Trinajstić information content (AvgIpc) is 2.66. The molecule has 2 aromatic rings. The second-order valence-electron chi connectivity index (χ2n) is 9.47. The third-order valence-corrected chi connectivity index (χ3v) is 5.93.